The van der Waals surface area contributed by atoms with E-state index in [1.807, 2.05) is 11.8 Å². The van der Waals surface area contributed by atoms with Crippen LogP contribution in [0.4, 0.5) is 30.8 Å². The molecule has 6 rings (SSSR count). The molecule has 1 saturated heterocycles. The van der Waals surface area contributed by atoms with E-state index in [-0.39, 0.29) is 35.7 Å². The minimum absolute atomic E-state index is 0.0782. The summed E-state index contributed by atoms with van der Waals surface area (Å²) < 4.78 is 68.2. The largest absolute Gasteiger partial charge is 0.363 e. The third kappa shape index (κ3) is 4.96. The molecule has 15 heteroatoms. The first-order valence-electron chi connectivity index (χ1n) is 13.0. The second-order valence-corrected chi connectivity index (χ2v) is 12.9. The van der Waals surface area contributed by atoms with Gasteiger partial charge in [0, 0.05) is 31.9 Å². The number of benzene rings is 1. The summed E-state index contributed by atoms with van der Waals surface area (Å²) in [5, 5.41) is 10.2. The van der Waals surface area contributed by atoms with Crippen LogP contribution in [0.2, 0.25) is 0 Å². The van der Waals surface area contributed by atoms with Crippen molar-refractivity contribution in [3.8, 4) is 0 Å². The summed E-state index contributed by atoms with van der Waals surface area (Å²) in [7, 11) is -9.83. The quantitative estimate of drug-likeness (QED) is 0.394. The minimum atomic E-state index is -9.83. The number of allylic oxidation sites excluding steroid dienone is 2. The Kier molecular flexibility index (Phi) is 5.70. The van der Waals surface area contributed by atoms with E-state index >= 15 is 0 Å². The SMILES string of the molecule is CCc1c(N2CCNCC2)c(=O)n2nc(C3=CC4CC4C3)nc2n1CC(=O)Nc1ccc(S(F)(F)(F)(F)F)cc1. The number of hydrogen-bond donors (Lipinski definition) is 2. The molecule has 40 heavy (non-hydrogen) atoms. The van der Waals surface area contributed by atoms with Gasteiger partial charge < -0.3 is 20.1 Å². The molecular weight excluding hydrogens is 557 g/mol. The van der Waals surface area contributed by atoms with Crippen molar-refractivity contribution in [3.63, 3.8) is 0 Å². The van der Waals surface area contributed by atoms with Crippen LogP contribution in [0, 0.1) is 11.8 Å². The molecule has 3 aromatic rings. The predicted octanol–water partition coefficient (Wildman–Crippen LogP) is 4.58. The fourth-order valence-corrected chi connectivity index (χ4v) is 6.23. The molecule has 0 radical (unpaired) electrons. The van der Waals surface area contributed by atoms with Gasteiger partial charge in [-0.2, -0.15) is 9.50 Å². The van der Waals surface area contributed by atoms with Crippen LogP contribution in [0.25, 0.3) is 11.4 Å². The van der Waals surface area contributed by atoms with Crippen molar-refractivity contribution in [3.05, 3.63) is 52.2 Å². The van der Waals surface area contributed by atoms with Crippen LogP contribution in [-0.4, -0.2) is 51.3 Å². The molecule has 3 aliphatic rings. The molecule has 2 aromatic heterocycles. The number of anilines is 2. The summed E-state index contributed by atoms with van der Waals surface area (Å²) in [5.74, 6) is 1.09. The summed E-state index contributed by atoms with van der Waals surface area (Å²) in [5.41, 5.74) is 1.55. The molecular formula is C25H28F5N7O2S. The molecule has 1 aromatic carbocycles. The predicted molar refractivity (Wildman–Crippen MR) is 142 cm³/mol. The van der Waals surface area contributed by atoms with Gasteiger partial charge in [0.2, 0.25) is 11.7 Å². The zero-order valence-corrected chi connectivity index (χ0v) is 22.4. The highest BCUT2D eigenvalue weighted by atomic mass is 32.5. The van der Waals surface area contributed by atoms with Gasteiger partial charge in [-0.1, -0.05) is 32.4 Å². The van der Waals surface area contributed by atoms with Crippen molar-refractivity contribution in [2.45, 2.75) is 37.6 Å². The van der Waals surface area contributed by atoms with E-state index in [0.29, 0.717) is 61.6 Å². The summed E-state index contributed by atoms with van der Waals surface area (Å²) >= 11 is 0. The third-order valence-electron chi connectivity index (χ3n) is 7.64. The monoisotopic (exact) mass is 585 g/mol. The highest BCUT2D eigenvalue weighted by molar-refractivity contribution is 8.45. The van der Waals surface area contributed by atoms with Crippen LogP contribution in [0.5, 0.6) is 0 Å². The lowest BCUT2D eigenvalue weighted by Crippen LogP contribution is -2.47. The lowest BCUT2D eigenvalue weighted by Gasteiger charge is -2.40. The average Bonchev–Trinajstić information content (AvgIpc) is 3.28. The van der Waals surface area contributed by atoms with E-state index in [0.717, 1.165) is 30.5 Å². The normalized spacial score (nSPS) is 22.4. The maximum atomic E-state index is 13.7. The first-order chi connectivity index (χ1) is 18.7. The Morgan fingerprint density at radius 3 is 2.42 bits per heavy atom. The highest BCUT2D eigenvalue weighted by Crippen LogP contribution is 3.02. The molecule has 2 unspecified atom stereocenters. The van der Waals surface area contributed by atoms with Crippen molar-refractivity contribution in [1.82, 2.24) is 24.5 Å². The molecule has 0 bridgehead atoms. The molecule has 1 amide bonds. The van der Waals surface area contributed by atoms with Gasteiger partial charge in [-0.15, -0.1) is 5.10 Å². The zero-order chi connectivity index (χ0) is 28.5. The molecule has 9 nitrogen and oxygen atoms in total. The Morgan fingerprint density at radius 1 is 1.12 bits per heavy atom. The number of carbonyl (C=O) groups excluding carboxylic acids is 1. The Bertz CT molecular complexity index is 1610. The van der Waals surface area contributed by atoms with Crippen LogP contribution >= 0.6 is 10.2 Å². The molecule has 0 spiro atoms. The number of nitrogens with one attached hydrogen (secondary N) is 2. The van der Waals surface area contributed by atoms with Crippen molar-refractivity contribution < 1.29 is 24.2 Å². The lowest BCUT2D eigenvalue weighted by atomic mass is 10.2. The van der Waals surface area contributed by atoms with Crippen LogP contribution in [-0.2, 0) is 17.8 Å². The molecule has 1 saturated carbocycles. The number of amides is 1. The van der Waals surface area contributed by atoms with E-state index in [1.54, 1.807) is 4.57 Å². The van der Waals surface area contributed by atoms with Gasteiger partial charge in [0.1, 0.15) is 17.1 Å². The average molecular weight is 586 g/mol. The van der Waals surface area contributed by atoms with Crippen LogP contribution in [0.3, 0.4) is 0 Å². The van der Waals surface area contributed by atoms with E-state index in [4.69, 9.17) is 0 Å². The number of rotatable bonds is 7. The van der Waals surface area contributed by atoms with E-state index < -0.39 is 21.0 Å². The number of hydrogen-bond acceptors (Lipinski definition) is 6. The smallest absolute Gasteiger partial charge is 0.310 e. The van der Waals surface area contributed by atoms with E-state index in [1.165, 1.54) is 4.52 Å². The first kappa shape index (κ1) is 26.7. The molecule has 2 N–H and O–H groups in total. The van der Waals surface area contributed by atoms with E-state index in [2.05, 4.69) is 26.8 Å². The molecule has 3 heterocycles. The fraction of sp³-hybridized carbons (Fsp3) is 0.440. The van der Waals surface area contributed by atoms with Gasteiger partial charge in [0.05, 0.1) is 5.69 Å². The number of fused-ring (bicyclic) bond motifs is 2. The maximum Gasteiger partial charge on any atom is 0.310 e. The summed E-state index contributed by atoms with van der Waals surface area (Å²) in [6, 6.07) is 2.07. The van der Waals surface area contributed by atoms with Gasteiger partial charge in [-0.25, -0.2) is 0 Å². The number of aromatic nitrogens is 4. The van der Waals surface area contributed by atoms with Gasteiger partial charge in [0.15, 0.2) is 5.82 Å². The Morgan fingerprint density at radius 2 is 1.82 bits per heavy atom. The Labute approximate surface area is 225 Å². The molecule has 1 aliphatic heterocycles. The molecule has 2 fully saturated rings. The van der Waals surface area contributed by atoms with Gasteiger partial charge in [-0.3, -0.25) is 9.59 Å². The number of carbonyl (C=O) groups is 1. The van der Waals surface area contributed by atoms with Crippen molar-refractivity contribution >= 4 is 38.9 Å². The molecule has 216 valence electrons. The van der Waals surface area contributed by atoms with Crippen molar-refractivity contribution in [2.24, 2.45) is 11.8 Å². The number of piperazine rings is 1. The van der Waals surface area contributed by atoms with E-state index in [9.17, 15) is 29.0 Å². The lowest BCUT2D eigenvalue weighted by molar-refractivity contribution is -0.116. The standard InChI is InChI=1S/C25H28F5N7O2S/c1-2-20-22(35-9-7-31-8-10-35)24(39)37-25(33-23(34-37)17-12-15-11-16(15)13-17)36(20)14-21(38)32-18-3-5-19(6-4-18)40(26,27,28,29)30/h3-6,12,15-16,31H,2,7-11,13-14H2,1H3,(H,32,38). The zero-order valence-electron chi connectivity index (χ0n) is 21.5. The summed E-state index contributed by atoms with van der Waals surface area (Å²) in [6.07, 6.45) is 4.50. The topological polar surface area (TPSA) is 96.6 Å². The van der Waals surface area contributed by atoms with Gasteiger partial charge in [-0.05, 0) is 60.9 Å². The molecule has 2 aliphatic carbocycles. The Balaban J connectivity index is 1.37. The first-order valence-corrected chi connectivity index (χ1v) is 15.0. The second-order valence-electron chi connectivity index (χ2n) is 10.5. The van der Waals surface area contributed by atoms with Crippen molar-refractivity contribution in [2.75, 3.05) is 36.4 Å². The van der Waals surface area contributed by atoms with Crippen molar-refractivity contribution in [1.29, 1.82) is 0 Å². The minimum Gasteiger partial charge on any atom is -0.363 e. The Hall–Kier alpha value is -3.46. The van der Waals surface area contributed by atoms with Crippen LogP contribution in [0.1, 0.15) is 31.3 Å². The van der Waals surface area contributed by atoms with Gasteiger partial charge in [0.25, 0.3) is 5.56 Å². The van der Waals surface area contributed by atoms with Crippen LogP contribution in [0.15, 0.2) is 40.0 Å². The summed E-state index contributed by atoms with van der Waals surface area (Å²) in [4.78, 5) is 31.4. The van der Waals surface area contributed by atoms with Gasteiger partial charge >= 0.3 is 10.2 Å². The second kappa shape index (κ2) is 8.52. The molecule has 2 atom stereocenters. The van der Waals surface area contributed by atoms with Crippen LogP contribution < -0.4 is 21.1 Å². The maximum absolute atomic E-state index is 13.7. The third-order valence-corrected chi connectivity index (χ3v) is 8.80. The number of halogens is 5. The number of nitrogens with zero attached hydrogens (tertiary/aromatic N) is 5. The fourth-order valence-electron chi connectivity index (χ4n) is 5.58. The summed E-state index contributed by atoms with van der Waals surface area (Å²) in [6.45, 7) is 4.04. The highest BCUT2D eigenvalue weighted by Gasteiger charge is 2.65.